The van der Waals surface area contributed by atoms with Crippen molar-refractivity contribution in [3.05, 3.63) is 161 Å². The lowest BCUT2D eigenvalue weighted by Crippen LogP contribution is -2.64. The van der Waals surface area contributed by atoms with Crippen molar-refractivity contribution in [1.29, 1.82) is 0 Å². The van der Waals surface area contributed by atoms with Crippen LogP contribution < -0.4 is 26.2 Å². The fourth-order valence-electron chi connectivity index (χ4n) is 11.5. The Morgan fingerprint density at radius 2 is 0.931 bits per heavy atom. The summed E-state index contributed by atoms with van der Waals surface area (Å²) in [5, 5.41) is 0. The maximum atomic E-state index is 2.70. The van der Waals surface area contributed by atoms with Crippen LogP contribution >= 0.6 is 0 Å². The second-order valence-corrected chi connectivity index (χ2v) is 21.1. The topological polar surface area (TPSA) is 6.48 Å². The van der Waals surface area contributed by atoms with Crippen molar-refractivity contribution in [1.82, 2.24) is 0 Å². The lowest BCUT2D eigenvalue weighted by Gasteiger charge is -2.49. The number of fused-ring (bicyclic) bond motifs is 6. The Hall–Kier alpha value is -5.02. The summed E-state index contributed by atoms with van der Waals surface area (Å²) < 4.78 is 0. The predicted molar refractivity (Wildman–Crippen MR) is 250 cm³/mol. The normalized spacial score (nSPS) is 19.6. The van der Waals surface area contributed by atoms with Crippen molar-refractivity contribution in [3.8, 4) is 0 Å². The predicted octanol–water partition coefficient (Wildman–Crippen LogP) is 12.8. The fraction of sp³-hybridized carbons (Fsp3) is 0.345. The van der Waals surface area contributed by atoms with E-state index in [2.05, 4.69) is 206 Å². The first-order valence-corrected chi connectivity index (χ1v) is 21.8. The molecule has 4 aliphatic rings. The molecule has 2 aliphatic heterocycles. The van der Waals surface area contributed by atoms with Gasteiger partial charge in [-0.2, -0.15) is 0 Å². The molecule has 0 radical (unpaired) electrons. The number of hydrogen-bond acceptors (Lipinski definition) is 2. The second-order valence-electron chi connectivity index (χ2n) is 21.1. The van der Waals surface area contributed by atoms with E-state index in [1.54, 1.807) is 0 Å². The molecule has 0 unspecified atom stereocenters. The summed E-state index contributed by atoms with van der Waals surface area (Å²) in [5.74, 6) is 0. The Bertz CT molecular complexity index is 2570. The van der Waals surface area contributed by atoms with Crippen LogP contribution in [0.4, 0.5) is 34.1 Å². The molecule has 0 saturated heterocycles. The molecule has 0 aromatic heterocycles. The average Bonchev–Trinajstić information content (AvgIpc) is 3.20. The van der Waals surface area contributed by atoms with E-state index >= 15 is 0 Å². The van der Waals surface area contributed by atoms with Gasteiger partial charge in [-0.25, -0.2) is 0 Å². The minimum absolute atomic E-state index is 0.0740. The number of rotatable bonds is 4. The van der Waals surface area contributed by atoms with Gasteiger partial charge in [0.2, 0.25) is 6.71 Å². The summed E-state index contributed by atoms with van der Waals surface area (Å²) in [4.78, 5) is 5.16. The molecule has 6 aromatic carbocycles. The largest absolute Gasteiger partial charge is 0.311 e. The van der Waals surface area contributed by atoms with E-state index in [0.717, 1.165) is 11.4 Å². The van der Waals surface area contributed by atoms with Gasteiger partial charge in [-0.05, 0) is 146 Å². The van der Waals surface area contributed by atoms with Gasteiger partial charge in [-0.15, -0.1) is 0 Å². The molecule has 0 fully saturated rings. The van der Waals surface area contributed by atoms with Gasteiger partial charge in [0.1, 0.15) is 0 Å². The minimum atomic E-state index is -0.229. The summed E-state index contributed by atoms with van der Waals surface area (Å²) in [6, 6.07) is 49.1. The fourth-order valence-corrected chi connectivity index (χ4v) is 11.5. The first-order valence-electron chi connectivity index (χ1n) is 21.8. The highest BCUT2D eigenvalue weighted by Crippen LogP contribution is 2.53. The molecule has 2 nitrogen and oxygen atoms in total. The Labute approximate surface area is 348 Å². The second kappa shape index (κ2) is 12.5. The summed E-state index contributed by atoms with van der Waals surface area (Å²) in [6.07, 6.45) is 4.77. The number of hydrogen-bond donors (Lipinski definition) is 0. The van der Waals surface area contributed by atoms with Crippen molar-refractivity contribution < 1.29 is 0 Å². The first kappa shape index (κ1) is 37.3. The molecule has 3 heteroatoms. The van der Waals surface area contributed by atoms with Gasteiger partial charge >= 0.3 is 0 Å². The summed E-state index contributed by atoms with van der Waals surface area (Å²) in [7, 11) is 0. The van der Waals surface area contributed by atoms with Crippen LogP contribution in [0, 0.1) is 0 Å². The Kier molecular flexibility index (Phi) is 8.03. The number of benzene rings is 6. The van der Waals surface area contributed by atoms with Crippen LogP contribution in [0.15, 0.2) is 127 Å². The zero-order valence-corrected chi connectivity index (χ0v) is 36.4. The van der Waals surface area contributed by atoms with Crippen molar-refractivity contribution in [3.63, 3.8) is 0 Å². The van der Waals surface area contributed by atoms with E-state index in [9.17, 15) is 0 Å². The number of anilines is 6. The van der Waals surface area contributed by atoms with Crippen LogP contribution in [0.2, 0.25) is 0 Å². The number of para-hydroxylation sites is 2. The third kappa shape index (κ3) is 5.44. The van der Waals surface area contributed by atoms with E-state index in [0.29, 0.717) is 0 Å². The zero-order chi connectivity index (χ0) is 40.6. The molecular formula is C55H59BN2. The molecule has 2 aliphatic carbocycles. The monoisotopic (exact) mass is 758 g/mol. The van der Waals surface area contributed by atoms with Gasteiger partial charge < -0.3 is 9.80 Å². The molecule has 10 rings (SSSR count). The standard InChI is InChI=1S/C55H59BN2/c1-51(2)27-28-52(3,4)42-31-38(25-26-40(42)51)58-48-35-44-43(53(5,6)29-30-54(44,7)8)34-47(48)56-46-24-18-17-23-41(46)55(9,10)45-32-39(33-49(58)50(45)56)57(36-19-13-11-14-20-36)37-21-15-12-16-22-37/h11-26,31-35H,27-30H2,1-10H3. The first-order chi connectivity index (χ1) is 27.5. The third-order valence-corrected chi connectivity index (χ3v) is 15.2. The van der Waals surface area contributed by atoms with E-state index in [4.69, 9.17) is 0 Å². The average molecular weight is 759 g/mol. The van der Waals surface area contributed by atoms with Crippen LogP contribution in [0.1, 0.15) is 128 Å². The molecule has 0 atom stereocenters. The summed E-state index contributed by atoms with van der Waals surface area (Å²) >= 11 is 0. The van der Waals surface area contributed by atoms with Gasteiger partial charge in [-0.1, -0.05) is 147 Å². The van der Waals surface area contributed by atoms with Gasteiger partial charge in [0.15, 0.2) is 0 Å². The molecule has 2 heterocycles. The van der Waals surface area contributed by atoms with E-state index in [1.807, 2.05) is 0 Å². The van der Waals surface area contributed by atoms with Crippen LogP contribution in [0.5, 0.6) is 0 Å². The molecule has 0 bridgehead atoms. The highest BCUT2D eigenvalue weighted by Gasteiger charge is 2.49. The van der Waals surface area contributed by atoms with Gasteiger partial charge in [0.05, 0.1) is 0 Å². The summed E-state index contributed by atoms with van der Waals surface area (Å²) in [6.45, 7) is 24.8. The summed E-state index contributed by atoms with van der Waals surface area (Å²) in [5.41, 5.74) is 20.8. The molecule has 292 valence electrons. The molecule has 6 aromatic rings. The maximum absolute atomic E-state index is 2.70. The van der Waals surface area contributed by atoms with Gasteiger partial charge in [-0.3, -0.25) is 0 Å². The van der Waals surface area contributed by atoms with E-state index < -0.39 is 0 Å². The highest BCUT2D eigenvalue weighted by atomic mass is 15.2. The third-order valence-electron chi connectivity index (χ3n) is 15.2. The van der Waals surface area contributed by atoms with Crippen LogP contribution in [0.25, 0.3) is 0 Å². The highest BCUT2D eigenvalue weighted by molar-refractivity contribution is 6.99. The van der Waals surface area contributed by atoms with Crippen molar-refractivity contribution in [2.45, 2.75) is 122 Å². The van der Waals surface area contributed by atoms with E-state index in [1.165, 1.54) is 98.2 Å². The van der Waals surface area contributed by atoms with Gasteiger partial charge in [0.25, 0.3) is 0 Å². The van der Waals surface area contributed by atoms with Crippen molar-refractivity contribution in [2.24, 2.45) is 0 Å². The quantitative estimate of drug-likeness (QED) is 0.165. The Balaban J connectivity index is 1.34. The molecule has 0 saturated carbocycles. The Morgan fingerprint density at radius 1 is 0.414 bits per heavy atom. The SMILES string of the molecule is CC1(C)CCC(C)(C)c2cc(N3c4cc5c(cc4B4c6ccccc6C(C)(C)c6cc(N(c7ccccc7)c7ccccc7)cc3c64)C(C)(C)CCC5(C)C)ccc21. The molecule has 58 heavy (non-hydrogen) atoms. The lowest BCUT2D eigenvalue weighted by atomic mass is 9.30. The van der Waals surface area contributed by atoms with Crippen LogP contribution in [-0.2, 0) is 27.1 Å². The molecule has 0 N–H and O–H groups in total. The molecule has 0 amide bonds. The lowest BCUT2D eigenvalue weighted by molar-refractivity contribution is 0.332. The zero-order valence-electron chi connectivity index (χ0n) is 36.4. The molecular weight excluding hydrogens is 699 g/mol. The molecule has 0 spiro atoms. The Morgan fingerprint density at radius 3 is 1.53 bits per heavy atom. The van der Waals surface area contributed by atoms with Crippen LogP contribution in [0.3, 0.4) is 0 Å². The van der Waals surface area contributed by atoms with Crippen molar-refractivity contribution in [2.75, 3.05) is 9.80 Å². The van der Waals surface area contributed by atoms with Crippen molar-refractivity contribution >= 4 is 57.2 Å². The smallest absolute Gasteiger partial charge is 0.247 e. The minimum Gasteiger partial charge on any atom is -0.311 e. The maximum Gasteiger partial charge on any atom is 0.247 e. The van der Waals surface area contributed by atoms with E-state index in [-0.39, 0.29) is 33.8 Å². The van der Waals surface area contributed by atoms with Crippen LogP contribution in [-0.4, -0.2) is 6.71 Å². The van der Waals surface area contributed by atoms with Gasteiger partial charge in [0, 0.05) is 39.5 Å². The number of nitrogens with zero attached hydrogens (tertiary/aromatic N) is 2.